The standard InChI is InChI=1S/C25H33N3O3/c1-25(2,3)31-24(30)26-18-20-10-12-22(13-11-20)23(29)28-15-7-14-27(16-17-28)19-21-8-5-4-6-9-21/h4-6,8-13H,7,14-19H2,1-3H3,(H,26,30). The van der Waals surface area contributed by atoms with Gasteiger partial charge in [0.15, 0.2) is 0 Å². The largest absolute Gasteiger partial charge is 0.444 e. The van der Waals surface area contributed by atoms with Crippen LogP contribution in [0.3, 0.4) is 0 Å². The summed E-state index contributed by atoms with van der Waals surface area (Å²) in [5.41, 5.74) is 2.38. The van der Waals surface area contributed by atoms with Gasteiger partial charge in [0.2, 0.25) is 0 Å². The van der Waals surface area contributed by atoms with Crippen LogP contribution in [-0.4, -0.2) is 53.6 Å². The molecule has 3 rings (SSSR count). The Labute approximate surface area is 185 Å². The van der Waals surface area contributed by atoms with E-state index in [2.05, 4.69) is 34.5 Å². The number of alkyl carbamates (subject to hydrolysis) is 1. The van der Waals surface area contributed by atoms with Gasteiger partial charge in [-0.3, -0.25) is 9.69 Å². The van der Waals surface area contributed by atoms with E-state index in [-0.39, 0.29) is 5.91 Å². The molecule has 2 aromatic rings. The molecule has 0 bridgehead atoms. The number of nitrogens with zero attached hydrogens (tertiary/aromatic N) is 2. The van der Waals surface area contributed by atoms with Crippen LogP contribution in [0.25, 0.3) is 0 Å². The highest BCUT2D eigenvalue weighted by molar-refractivity contribution is 5.94. The fourth-order valence-corrected chi connectivity index (χ4v) is 3.61. The molecule has 2 aromatic carbocycles. The van der Waals surface area contributed by atoms with Crippen LogP contribution >= 0.6 is 0 Å². The van der Waals surface area contributed by atoms with Crippen molar-refractivity contribution in [2.24, 2.45) is 0 Å². The van der Waals surface area contributed by atoms with E-state index in [0.717, 1.165) is 44.7 Å². The molecule has 1 N–H and O–H groups in total. The molecular weight excluding hydrogens is 390 g/mol. The van der Waals surface area contributed by atoms with Crippen molar-refractivity contribution < 1.29 is 14.3 Å². The SMILES string of the molecule is CC(C)(C)OC(=O)NCc1ccc(C(=O)N2CCCN(Cc3ccccc3)CC2)cc1. The number of rotatable bonds is 5. The third-order valence-corrected chi connectivity index (χ3v) is 5.16. The third-order valence-electron chi connectivity index (χ3n) is 5.16. The molecule has 0 unspecified atom stereocenters. The third kappa shape index (κ3) is 7.40. The van der Waals surface area contributed by atoms with E-state index in [4.69, 9.17) is 4.74 Å². The summed E-state index contributed by atoms with van der Waals surface area (Å²) >= 11 is 0. The number of carbonyl (C=O) groups excluding carboxylic acids is 2. The van der Waals surface area contributed by atoms with Crippen LogP contribution < -0.4 is 5.32 Å². The Morgan fingerprint density at radius 1 is 0.903 bits per heavy atom. The molecule has 6 heteroatoms. The second kappa shape index (κ2) is 10.4. The second-order valence-electron chi connectivity index (χ2n) is 8.96. The van der Waals surface area contributed by atoms with Crippen LogP contribution in [0.5, 0.6) is 0 Å². The average Bonchev–Trinajstić information content (AvgIpc) is 2.97. The van der Waals surface area contributed by atoms with Crippen molar-refractivity contribution >= 4 is 12.0 Å². The van der Waals surface area contributed by atoms with E-state index in [0.29, 0.717) is 12.1 Å². The topological polar surface area (TPSA) is 61.9 Å². The maximum absolute atomic E-state index is 13.0. The molecule has 6 nitrogen and oxygen atoms in total. The predicted octanol–water partition coefficient (Wildman–Crippen LogP) is 4.06. The summed E-state index contributed by atoms with van der Waals surface area (Å²) in [6.07, 6.45) is 0.522. The Morgan fingerprint density at radius 2 is 1.61 bits per heavy atom. The maximum Gasteiger partial charge on any atom is 0.407 e. The molecule has 166 valence electrons. The van der Waals surface area contributed by atoms with Gasteiger partial charge in [-0.25, -0.2) is 4.79 Å². The van der Waals surface area contributed by atoms with Gasteiger partial charge in [0.25, 0.3) is 5.91 Å². The molecule has 1 heterocycles. The van der Waals surface area contributed by atoms with Crippen LogP contribution in [0.2, 0.25) is 0 Å². The summed E-state index contributed by atoms with van der Waals surface area (Å²) in [7, 11) is 0. The van der Waals surface area contributed by atoms with Crippen LogP contribution in [0.4, 0.5) is 4.79 Å². The Kier molecular flexibility index (Phi) is 7.69. The van der Waals surface area contributed by atoms with E-state index in [1.165, 1.54) is 5.56 Å². The lowest BCUT2D eigenvalue weighted by atomic mass is 10.1. The van der Waals surface area contributed by atoms with Gasteiger partial charge in [0.05, 0.1) is 0 Å². The number of hydrogen-bond donors (Lipinski definition) is 1. The molecule has 0 aliphatic carbocycles. The van der Waals surface area contributed by atoms with Gasteiger partial charge in [-0.2, -0.15) is 0 Å². The number of hydrogen-bond acceptors (Lipinski definition) is 4. The molecule has 0 aromatic heterocycles. The van der Waals surface area contributed by atoms with Crippen molar-refractivity contribution in [2.75, 3.05) is 26.2 Å². The first kappa shape index (κ1) is 22.8. The fraction of sp³-hybridized carbons (Fsp3) is 0.440. The number of amides is 2. The molecule has 1 fully saturated rings. The normalized spacial score (nSPS) is 15.3. The summed E-state index contributed by atoms with van der Waals surface area (Å²) in [5.74, 6) is 0.0632. The van der Waals surface area contributed by atoms with E-state index in [9.17, 15) is 9.59 Å². The minimum absolute atomic E-state index is 0.0632. The summed E-state index contributed by atoms with van der Waals surface area (Å²) in [5, 5.41) is 2.74. The van der Waals surface area contributed by atoms with E-state index in [1.54, 1.807) is 0 Å². The quantitative estimate of drug-likeness (QED) is 0.788. The first-order valence-corrected chi connectivity index (χ1v) is 10.9. The van der Waals surface area contributed by atoms with Gasteiger partial charge in [-0.15, -0.1) is 0 Å². The molecule has 1 aliphatic heterocycles. The van der Waals surface area contributed by atoms with Crippen molar-refractivity contribution in [1.29, 1.82) is 0 Å². The number of benzene rings is 2. The van der Waals surface area contributed by atoms with Gasteiger partial charge in [0.1, 0.15) is 5.60 Å². The van der Waals surface area contributed by atoms with E-state index < -0.39 is 11.7 Å². The minimum atomic E-state index is -0.524. The molecule has 0 saturated carbocycles. The second-order valence-corrected chi connectivity index (χ2v) is 8.96. The maximum atomic E-state index is 13.0. The summed E-state index contributed by atoms with van der Waals surface area (Å²) in [6.45, 7) is 10.1. The zero-order valence-corrected chi connectivity index (χ0v) is 18.8. The van der Waals surface area contributed by atoms with Crippen LogP contribution in [0.15, 0.2) is 54.6 Å². The number of nitrogens with one attached hydrogen (secondary N) is 1. The van der Waals surface area contributed by atoms with Gasteiger partial charge in [-0.05, 0) is 50.5 Å². The highest BCUT2D eigenvalue weighted by atomic mass is 16.6. The minimum Gasteiger partial charge on any atom is -0.444 e. The molecule has 2 amide bonds. The van der Waals surface area contributed by atoms with Crippen LogP contribution in [0.1, 0.15) is 48.7 Å². The Balaban J connectivity index is 1.50. The molecule has 0 radical (unpaired) electrons. The zero-order chi connectivity index (χ0) is 22.3. The molecule has 31 heavy (non-hydrogen) atoms. The van der Waals surface area contributed by atoms with Crippen LogP contribution in [0, 0.1) is 0 Å². The first-order chi connectivity index (χ1) is 14.8. The summed E-state index contributed by atoms with van der Waals surface area (Å²) < 4.78 is 5.24. The van der Waals surface area contributed by atoms with Gasteiger partial charge in [-0.1, -0.05) is 42.5 Å². The molecular formula is C25H33N3O3. The van der Waals surface area contributed by atoms with Crippen molar-refractivity contribution in [3.05, 3.63) is 71.3 Å². The first-order valence-electron chi connectivity index (χ1n) is 10.9. The Morgan fingerprint density at radius 3 is 2.29 bits per heavy atom. The van der Waals surface area contributed by atoms with Crippen LogP contribution in [-0.2, 0) is 17.8 Å². The van der Waals surface area contributed by atoms with Crippen molar-refractivity contribution in [3.63, 3.8) is 0 Å². The lowest BCUT2D eigenvalue weighted by Gasteiger charge is -2.22. The molecule has 1 aliphatic rings. The summed E-state index contributed by atoms with van der Waals surface area (Å²) in [4.78, 5) is 29.1. The highest BCUT2D eigenvalue weighted by Crippen LogP contribution is 2.13. The van der Waals surface area contributed by atoms with Crippen molar-refractivity contribution in [3.8, 4) is 0 Å². The number of carbonyl (C=O) groups is 2. The van der Waals surface area contributed by atoms with Gasteiger partial charge < -0.3 is 15.0 Å². The Hall–Kier alpha value is -2.86. The van der Waals surface area contributed by atoms with E-state index in [1.807, 2.05) is 56.0 Å². The predicted molar refractivity (Wildman–Crippen MR) is 122 cm³/mol. The molecule has 1 saturated heterocycles. The van der Waals surface area contributed by atoms with Crippen molar-refractivity contribution in [2.45, 2.75) is 45.9 Å². The molecule has 0 atom stereocenters. The smallest absolute Gasteiger partial charge is 0.407 e. The molecule has 0 spiro atoms. The average molecular weight is 424 g/mol. The lowest BCUT2D eigenvalue weighted by Crippen LogP contribution is -2.35. The Bertz CT molecular complexity index is 860. The van der Waals surface area contributed by atoms with Crippen molar-refractivity contribution in [1.82, 2.24) is 15.1 Å². The number of ether oxygens (including phenoxy) is 1. The van der Waals surface area contributed by atoms with Gasteiger partial charge >= 0.3 is 6.09 Å². The monoisotopic (exact) mass is 423 g/mol. The summed E-state index contributed by atoms with van der Waals surface area (Å²) in [6, 6.07) is 17.9. The van der Waals surface area contributed by atoms with Gasteiger partial charge in [0, 0.05) is 44.8 Å². The highest BCUT2D eigenvalue weighted by Gasteiger charge is 2.20. The zero-order valence-electron chi connectivity index (χ0n) is 18.8. The lowest BCUT2D eigenvalue weighted by molar-refractivity contribution is 0.0523. The van der Waals surface area contributed by atoms with E-state index >= 15 is 0 Å². The fourth-order valence-electron chi connectivity index (χ4n) is 3.61.